The first-order valence-electron chi connectivity index (χ1n) is 9.27. The zero-order valence-electron chi connectivity index (χ0n) is 15.4. The smallest absolute Gasteiger partial charge is 0.326 e. The molecule has 0 bridgehead atoms. The third-order valence-electron chi connectivity index (χ3n) is 4.92. The van der Waals surface area contributed by atoms with Gasteiger partial charge in [0.05, 0.1) is 6.67 Å². The van der Waals surface area contributed by atoms with Crippen LogP contribution in [-0.4, -0.2) is 64.8 Å². The molecule has 2 saturated heterocycles. The molecule has 1 N–H and O–H groups in total. The van der Waals surface area contributed by atoms with E-state index in [2.05, 4.69) is 5.32 Å². The quantitative estimate of drug-likeness (QED) is 0.604. The van der Waals surface area contributed by atoms with E-state index in [1.54, 1.807) is 0 Å². The number of carbonyl (C=O) groups is 4. The highest BCUT2D eigenvalue weighted by atomic mass is 16.2. The standard InChI is InChI=1S/C19H24N4O4/c1-2-10-22-17(25)18(26)23(19(22)27)13-21-11-8-14(9-12-21)16(24)20-15-6-4-3-5-7-15/h3-7,14H,2,8-13H2,1H3,(H,20,24). The van der Waals surface area contributed by atoms with E-state index >= 15 is 0 Å². The van der Waals surface area contributed by atoms with Crippen molar-refractivity contribution in [2.24, 2.45) is 5.92 Å². The molecule has 0 unspecified atom stereocenters. The lowest BCUT2D eigenvalue weighted by Gasteiger charge is -2.32. The van der Waals surface area contributed by atoms with E-state index in [0.29, 0.717) is 32.4 Å². The molecule has 5 amide bonds. The van der Waals surface area contributed by atoms with Crippen LogP contribution in [0.4, 0.5) is 10.5 Å². The molecule has 1 aromatic rings. The summed E-state index contributed by atoms with van der Waals surface area (Å²) in [6, 6.07) is 8.77. The minimum atomic E-state index is -0.766. The Labute approximate surface area is 158 Å². The molecule has 144 valence electrons. The maximum absolute atomic E-state index is 12.4. The molecule has 0 aromatic heterocycles. The Morgan fingerprint density at radius 2 is 1.67 bits per heavy atom. The number of urea groups is 1. The van der Waals surface area contributed by atoms with E-state index in [-0.39, 0.29) is 25.0 Å². The molecule has 2 aliphatic heterocycles. The lowest BCUT2D eigenvalue weighted by atomic mass is 9.96. The van der Waals surface area contributed by atoms with E-state index in [9.17, 15) is 19.2 Å². The number of likely N-dealkylation sites (tertiary alicyclic amines) is 1. The van der Waals surface area contributed by atoms with Gasteiger partial charge < -0.3 is 5.32 Å². The van der Waals surface area contributed by atoms with Crippen molar-refractivity contribution in [3.05, 3.63) is 30.3 Å². The van der Waals surface area contributed by atoms with Crippen LogP contribution in [0.2, 0.25) is 0 Å². The second-order valence-electron chi connectivity index (χ2n) is 6.86. The second-order valence-corrected chi connectivity index (χ2v) is 6.86. The minimum Gasteiger partial charge on any atom is -0.326 e. The number of imide groups is 2. The first-order valence-corrected chi connectivity index (χ1v) is 9.27. The Kier molecular flexibility index (Phi) is 5.85. The molecule has 0 aliphatic carbocycles. The predicted octanol–water partition coefficient (Wildman–Crippen LogP) is 1.50. The number of hydrogen-bond donors (Lipinski definition) is 1. The predicted molar refractivity (Wildman–Crippen MR) is 98.5 cm³/mol. The number of benzene rings is 1. The first-order chi connectivity index (χ1) is 13.0. The van der Waals surface area contributed by atoms with Gasteiger partial charge >= 0.3 is 17.8 Å². The van der Waals surface area contributed by atoms with Gasteiger partial charge in [0.25, 0.3) is 0 Å². The van der Waals surface area contributed by atoms with Crippen LogP contribution in [0.15, 0.2) is 30.3 Å². The molecule has 1 aromatic carbocycles. The molecule has 2 fully saturated rings. The molecule has 8 nitrogen and oxygen atoms in total. The maximum Gasteiger partial charge on any atom is 0.335 e. The normalized spacial score (nSPS) is 19.1. The zero-order chi connectivity index (χ0) is 19.4. The zero-order valence-corrected chi connectivity index (χ0v) is 15.4. The minimum absolute atomic E-state index is 0.0153. The Morgan fingerprint density at radius 1 is 1.04 bits per heavy atom. The molecule has 27 heavy (non-hydrogen) atoms. The van der Waals surface area contributed by atoms with Crippen molar-refractivity contribution in [2.75, 3.05) is 31.6 Å². The van der Waals surface area contributed by atoms with Gasteiger partial charge in [-0.2, -0.15) is 0 Å². The summed E-state index contributed by atoms with van der Waals surface area (Å²) in [7, 11) is 0. The summed E-state index contributed by atoms with van der Waals surface area (Å²) in [5.41, 5.74) is 0.771. The fourth-order valence-corrected chi connectivity index (χ4v) is 3.40. The van der Waals surface area contributed by atoms with Gasteiger partial charge in [-0.3, -0.25) is 24.2 Å². The number of hydrogen-bond acceptors (Lipinski definition) is 5. The van der Waals surface area contributed by atoms with Crippen LogP contribution >= 0.6 is 0 Å². The van der Waals surface area contributed by atoms with Gasteiger partial charge in [0.2, 0.25) is 5.91 Å². The number of nitrogens with one attached hydrogen (secondary N) is 1. The van der Waals surface area contributed by atoms with Gasteiger partial charge in [-0.05, 0) is 31.4 Å². The van der Waals surface area contributed by atoms with Crippen LogP contribution in [0.5, 0.6) is 0 Å². The fourth-order valence-electron chi connectivity index (χ4n) is 3.40. The van der Waals surface area contributed by atoms with Crippen LogP contribution in [-0.2, 0) is 14.4 Å². The van der Waals surface area contributed by atoms with Crippen molar-refractivity contribution < 1.29 is 19.2 Å². The average Bonchev–Trinajstić information content (AvgIpc) is 2.88. The molecule has 3 rings (SSSR count). The number of nitrogens with zero attached hydrogens (tertiary/aromatic N) is 3. The monoisotopic (exact) mass is 372 g/mol. The fraction of sp³-hybridized carbons (Fsp3) is 0.474. The molecule has 8 heteroatoms. The Hall–Kier alpha value is -2.74. The number of rotatable bonds is 6. The van der Waals surface area contributed by atoms with Gasteiger partial charge in [-0.25, -0.2) is 9.69 Å². The van der Waals surface area contributed by atoms with Gasteiger partial charge in [-0.15, -0.1) is 0 Å². The number of anilines is 1. The average molecular weight is 372 g/mol. The van der Waals surface area contributed by atoms with Crippen molar-refractivity contribution in [1.82, 2.24) is 14.7 Å². The van der Waals surface area contributed by atoms with Gasteiger partial charge in [0.1, 0.15) is 0 Å². The summed E-state index contributed by atoms with van der Waals surface area (Å²) >= 11 is 0. The van der Waals surface area contributed by atoms with Crippen LogP contribution in [0.3, 0.4) is 0 Å². The van der Waals surface area contributed by atoms with Gasteiger partial charge in [-0.1, -0.05) is 25.1 Å². The van der Waals surface area contributed by atoms with Crippen LogP contribution in [0.1, 0.15) is 26.2 Å². The molecule has 0 spiro atoms. The van der Waals surface area contributed by atoms with E-state index in [4.69, 9.17) is 0 Å². The third kappa shape index (κ3) is 4.16. The van der Waals surface area contributed by atoms with Crippen LogP contribution in [0, 0.1) is 5.92 Å². The van der Waals surface area contributed by atoms with E-state index in [0.717, 1.165) is 15.5 Å². The number of carbonyl (C=O) groups excluding carboxylic acids is 4. The molecule has 2 heterocycles. The van der Waals surface area contributed by atoms with Crippen molar-refractivity contribution >= 4 is 29.4 Å². The van der Waals surface area contributed by atoms with Gasteiger partial charge in [0.15, 0.2) is 0 Å². The highest BCUT2D eigenvalue weighted by Crippen LogP contribution is 2.21. The highest BCUT2D eigenvalue weighted by Gasteiger charge is 2.44. The summed E-state index contributed by atoms with van der Waals surface area (Å²) in [5, 5.41) is 2.91. The van der Waals surface area contributed by atoms with Crippen molar-refractivity contribution in [3.8, 4) is 0 Å². The van der Waals surface area contributed by atoms with Crippen LogP contribution < -0.4 is 5.32 Å². The van der Waals surface area contributed by atoms with E-state index in [1.807, 2.05) is 42.2 Å². The van der Waals surface area contributed by atoms with Crippen molar-refractivity contribution in [1.29, 1.82) is 0 Å². The Bertz CT molecular complexity index is 728. The van der Waals surface area contributed by atoms with Crippen molar-refractivity contribution in [3.63, 3.8) is 0 Å². The Morgan fingerprint density at radius 3 is 2.30 bits per heavy atom. The van der Waals surface area contributed by atoms with Gasteiger partial charge in [0, 0.05) is 31.2 Å². The SMILES string of the molecule is CCCN1C(=O)C(=O)N(CN2CCC(C(=O)Nc3ccccc3)CC2)C1=O. The summed E-state index contributed by atoms with van der Waals surface area (Å²) in [6.07, 6.45) is 1.89. The van der Waals surface area contributed by atoms with Crippen molar-refractivity contribution in [2.45, 2.75) is 26.2 Å². The molecule has 2 aliphatic rings. The highest BCUT2D eigenvalue weighted by molar-refractivity contribution is 6.44. The lowest BCUT2D eigenvalue weighted by molar-refractivity contribution is -0.144. The van der Waals surface area contributed by atoms with E-state index < -0.39 is 17.8 Å². The Balaban J connectivity index is 1.51. The topological polar surface area (TPSA) is 90.0 Å². The number of amides is 5. The summed E-state index contributed by atoms with van der Waals surface area (Å²) < 4.78 is 0. The summed E-state index contributed by atoms with van der Waals surface area (Å²) in [4.78, 5) is 52.6. The van der Waals surface area contributed by atoms with E-state index in [1.165, 1.54) is 0 Å². The molecular formula is C19H24N4O4. The number of piperidine rings is 1. The maximum atomic E-state index is 12.4. The summed E-state index contributed by atoms with van der Waals surface area (Å²) in [5.74, 6) is -1.64. The number of para-hydroxylation sites is 1. The molecule has 0 radical (unpaired) electrons. The molecule has 0 saturated carbocycles. The molecular weight excluding hydrogens is 348 g/mol. The third-order valence-corrected chi connectivity index (χ3v) is 4.92. The summed E-state index contributed by atoms with van der Waals surface area (Å²) in [6.45, 7) is 3.37. The largest absolute Gasteiger partial charge is 0.335 e. The second kappa shape index (κ2) is 8.30. The first kappa shape index (κ1) is 19.0. The van der Waals surface area contributed by atoms with Crippen LogP contribution in [0.25, 0.3) is 0 Å². The molecule has 0 atom stereocenters. The lowest BCUT2D eigenvalue weighted by Crippen LogP contribution is -2.46.